The molecule has 0 radical (unpaired) electrons. The number of H-pyrrole nitrogens is 1. The number of hydrogen-bond acceptors (Lipinski definition) is 7. The SMILES string of the molecule is CCNc1sc(S(=O)(=O)NCc2ncc[nH]2)cc1[N+](=O)[O-]. The highest BCUT2D eigenvalue weighted by Gasteiger charge is 2.25. The minimum absolute atomic E-state index is 0.0163. The summed E-state index contributed by atoms with van der Waals surface area (Å²) in [4.78, 5) is 17.0. The van der Waals surface area contributed by atoms with Crippen LogP contribution in [-0.4, -0.2) is 29.9 Å². The third-order valence-corrected chi connectivity index (χ3v) is 5.43. The van der Waals surface area contributed by atoms with E-state index < -0.39 is 14.9 Å². The Balaban J connectivity index is 2.23. The molecule has 0 saturated heterocycles. The Hall–Kier alpha value is -1.98. The number of sulfonamides is 1. The lowest BCUT2D eigenvalue weighted by Crippen LogP contribution is -2.22. The molecule has 0 saturated carbocycles. The second-order valence-electron chi connectivity index (χ2n) is 3.93. The third kappa shape index (κ3) is 3.56. The van der Waals surface area contributed by atoms with Crippen molar-refractivity contribution in [3.63, 3.8) is 0 Å². The average molecular weight is 331 g/mol. The zero-order valence-corrected chi connectivity index (χ0v) is 12.6. The van der Waals surface area contributed by atoms with Crippen molar-refractivity contribution in [1.29, 1.82) is 0 Å². The lowest BCUT2D eigenvalue weighted by molar-refractivity contribution is -0.383. The van der Waals surface area contributed by atoms with Crippen molar-refractivity contribution in [1.82, 2.24) is 14.7 Å². The number of anilines is 1. The molecule has 3 N–H and O–H groups in total. The lowest BCUT2D eigenvalue weighted by Gasteiger charge is -2.02. The van der Waals surface area contributed by atoms with E-state index in [1.165, 1.54) is 6.20 Å². The van der Waals surface area contributed by atoms with Gasteiger partial charge in [-0.25, -0.2) is 18.1 Å². The van der Waals surface area contributed by atoms with Gasteiger partial charge in [-0.1, -0.05) is 11.3 Å². The number of nitrogens with one attached hydrogen (secondary N) is 3. The number of thiophene rings is 1. The van der Waals surface area contributed by atoms with E-state index in [1.807, 2.05) is 0 Å². The van der Waals surface area contributed by atoms with Crippen molar-refractivity contribution in [2.24, 2.45) is 0 Å². The molecule has 21 heavy (non-hydrogen) atoms. The van der Waals surface area contributed by atoms with E-state index in [-0.39, 0.29) is 21.4 Å². The number of aromatic amines is 1. The monoisotopic (exact) mass is 331 g/mol. The minimum atomic E-state index is -3.83. The molecule has 9 nitrogen and oxygen atoms in total. The van der Waals surface area contributed by atoms with Crippen molar-refractivity contribution in [2.45, 2.75) is 17.7 Å². The Bertz CT molecular complexity index is 723. The molecule has 2 aromatic rings. The van der Waals surface area contributed by atoms with Crippen LogP contribution in [0, 0.1) is 10.1 Å². The number of nitro groups is 1. The molecule has 0 aliphatic heterocycles. The molecule has 0 atom stereocenters. The second kappa shape index (κ2) is 6.20. The highest BCUT2D eigenvalue weighted by molar-refractivity contribution is 7.91. The molecule has 11 heteroatoms. The van der Waals surface area contributed by atoms with Crippen LogP contribution in [0.3, 0.4) is 0 Å². The van der Waals surface area contributed by atoms with Crippen LogP contribution in [0.1, 0.15) is 12.7 Å². The van der Waals surface area contributed by atoms with Gasteiger partial charge in [0.2, 0.25) is 0 Å². The van der Waals surface area contributed by atoms with E-state index in [0.717, 1.165) is 17.4 Å². The van der Waals surface area contributed by atoms with Gasteiger partial charge in [-0.2, -0.15) is 0 Å². The summed E-state index contributed by atoms with van der Waals surface area (Å²) in [6, 6.07) is 1.05. The first kappa shape index (κ1) is 15.4. The van der Waals surface area contributed by atoms with Gasteiger partial charge in [0.15, 0.2) is 5.00 Å². The fourth-order valence-corrected chi connectivity index (χ4v) is 3.97. The number of hydrogen-bond donors (Lipinski definition) is 3. The summed E-state index contributed by atoms with van der Waals surface area (Å²) in [6.45, 7) is 2.21. The van der Waals surface area contributed by atoms with Crippen LogP contribution in [0.4, 0.5) is 10.7 Å². The minimum Gasteiger partial charge on any atom is -0.372 e. The first-order valence-electron chi connectivity index (χ1n) is 5.94. The molecule has 114 valence electrons. The standard InChI is InChI=1S/C10H13N5O4S2/c1-2-11-10-7(15(16)17)5-9(20-10)21(18,19)14-6-8-12-3-4-13-8/h3-5,11,14H,2,6H2,1H3,(H,12,13). The molecule has 2 heterocycles. The van der Waals surface area contributed by atoms with Gasteiger partial charge in [0, 0.05) is 25.0 Å². The third-order valence-electron chi connectivity index (χ3n) is 2.47. The zero-order chi connectivity index (χ0) is 15.5. The van der Waals surface area contributed by atoms with Gasteiger partial charge in [-0.3, -0.25) is 10.1 Å². The highest BCUT2D eigenvalue weighted by Crippen LogP contribution is 2.36. The van der Waals surface area contributed by atoms with E-state index >= 15 is 0 Å². The van der Waals surface area contributed by atoms with Gasteiger partial charge in [0.05, 0.1) is 11.5 Å². The van der Waals surface area contributed by atoms with Crippen LogP contribution >= 0.6 is 11.3 Å². The van der Waals surface area contributed by atoms with E-state index in [0.29, 0.717) is 12.4 Å². The van der Waals surface area contributed by atoms with E-state index in [9.17, 15) is 18.5 Å². The quantitative estimate of drug-likeness (QED) is 0.518. The molecule has 0 fully saturated rings. The number of imidazole rings is 1. The van der Waals surface area contributed by atoms with Crippen molar-refractivity contribution in [3.8, 4) is 0 Å². The van der Waals surface area contributed by atoms with E-state index in [2.05, 4.69) is 20.0 Å². The summed E-state index contributed by atoms with van der Waals surface area (Å²) in [5.74, 6) is 0.455. The van der Waals surface area contributed by atoms with Crippen molar-refractivity contribution < 1.29 is 13.3 Å². The predicted molar refractivity (Wildman–Crippen MR) is 77.8 cm³/mol. The Morgan fingerprint density at radius 3 is 2.86 bits per heavy atom. The number of aromatic nitrogens is 2. The first-order valence-corrected chi connectivity index (χ1v) is 8.24. The molecule has 0 aliphatic rings. The summed E-state index contributed by atoms with van der Waals surface area (Å²) in [7, 11) is -3.83. The Morgan fingerprint density at radius 1 is 1.52 bits per heavy atom. The fraction of sp³-hybridized carbons (Fsp3) is 0.300. The van der Waals surface area contributed by atoms with Gasteiger partial charge in [0.25, 0.3) is 10.0 Å². The maximum absolute atomic E-state index is 12.1. The first-order chi connectivity index (χ1) is 9.94. The Labute approximate surface area is 124 Å². The van der Waals surface area contributed by atoms with Gasteiger partial charge in [-0.15, -0.1) is 0 Å². The molecule has 2 rings (SSSR count). The lowest BCUT2D eigenvalue weighted by atomic mass is 10.5. The summed E-state index contributed by atoms with van der Waals surface area (Å²) >= 11 is 0.823. The Kier molecular flexibility index (Phi) is 4.55. The molecular weight excluding hydrogens is 318 g/mol. The largest absolute Gasteiger partial charge is 0.372 e. The number of nitrogens with zero attached hydrogens (tertiary/aromatic N) is 2. The average Bonchev–Trinajstić information content (AvgIpc) is 3.06. The molecule has 0 unspecified atom stereocenters. The predicted octanol–water partition coefficient (Wildman–Crippen LogP) is 1.29. The topological polar surface area (TPSA) is 130 Å². The van der Waals surface area contributed by atoms with Crippen LogP contribution in [0.15, 0.2) is 22.7 Å². The highest BCUT2D eigenvalue weighted by atomic mass is 32.2. The Morgan fingerprint density at radius 2 is 2.29 bits per heavy atom. The molecule has 0 bridgehead atoms. The van der Waals surface area contributed by atoms with Crippen LogP contribution < -0.4 is 10.0 Å². The summed E-state index contributed by atoms with van der Waals surface area (Å²) in [6.07, 6.45) is 3.08. The van der Waals surface area contributed by atoms with Gasteiger partial charge in [0.1, 0.15) is 10.0 Å². The molecule has 2 aromatic heterocycles. The zero-order valence-electron chi connectivity index (χ0n) is 11.0. The fourth-order valence-electron chi connectivity index (χ4n) is 1.54. The summed E-state index contributed by atoms with van der Waals surface area (Å²) < 4.78 is 26.5. The molecule has 0 spiro atoms. The van der Waals surface area contributed by atoms with Crippen LogP contribution in [0.2, 0.25) is 0 Å². The normalized spacial score (nSPS) is 11.5. The second-order valence-corrected chi connectivity index (χ2v) is 6.97. The van der Waals surface area contributed by atoms with Gasteiger partial charge >= 0.3 is 5.69 Å². The molecule has 0 aromatic carbocycles. The van der Waals surface area contributed by atoms with Gasteiger partial charge in [-0.05, 0) is 6.92 Å². The van der Waals surface area contributed by atoms with Crippen LogP contribution in [0.5, 0.6) is 0 Å². The van der Waals surface area contributed by atoms with Gasteiger partial charge < -0.3 is 10.3 Å². The maximum atomic E-state index is 12.1. The molecule has 0 amide bonds. The smallest absolute Gasteiger partial charge is 0.304 e. The van der Waals surface area contributed by atoms with Crippen molar-refractivity contribution >= 4 is 32.0 Å². The van der Waals surface area contributed by atoms with Crippen molar-refractivity contribution in [2.75, 3.05) is 11.9 Å². The van der Waals surface area contributed by atoms with Crippen LogP contribution in [0.25, 0.3) is 0 Å². The summed E-state index contributed by atoms with van der Waals surface area (Å²) in [5.41, 5.74) is -0.250. The molecule has 0 aliphatic carbocycles. The number of rotatable bonds is 7. The van der Waals surface area contributed by atoms with E-state index in [1.54, 1.807) is 13.1 Å². The summed E-state index contributed by atoms with van der Waals surface area (Å²) in [5, 5.41) is 13.9. The van der Waals surface area contributed by atoms with E-state index in [4.69, 9.17) is 0 Å². The van der Waals surface area contributed by atoms with Crippen LogP contribution in [-0.2, 0) is 16.6 Å². The van der Waals surface area contributed by atoms with Crippen molar-refractivity contribution in [3.05, 3.63) is 34.4 Å². The molecular formula is C10H13N5O4S2. The maximum Gasteiger partial charge on any atom is 0.304 e.